The van der Waals surface area contributed by atoms with Crippen molar-refractivity contribution in [3.8, 4) is 0 Å². The topological polar surface area (TPSA) is 12.0 Å². The first-order valence-corrected chi connectivity index (χ1v) is 6.68. The molecule has 0 amide bonds. The molecular weight excluding hydrogens is 237 g/mol. The maximum Gasteiger partial charge on any atom is 0.141 e. The van der Waals surface area contributed by atoms with Crippen molar-refractivity contribution in [1.82, 2.24) is 5.32 Å². The van der Waals surface area contributed by atoms with Gasteiger partial charge in [0.05, 0.1) is 5.02 Å². The van der Waals surface area contributed by atoms with Crippen LogP contribution >= 0.6 is 11.6 Å². The van der Waals surface area contributed by atoms with Crippen molar-refractivity contribution in [3.63, 3.8) is 0 Å². The molecule has 0 radical (unpaired) electrons. The maximum atomic E-state index is 13.0. The summed E-state index contributed by atoms with van der Waals surface area (Å²) in [7, 11) is 1.99. The van der Waals surface area contributed by atoms with Gasteiger partial charge in [-0.2, -0.15) is 0 Å². The van der Waals surface area contributed by atoms with Crippen LogP contribution in [0.25, 0.3) is 0 Å². The lowest BCUT2D eigenvalue weighted by molar-refractivity contribution is 0.263. The molecule has 1 atom stereocenters. The zero-order valence-corrected chi connectivity index (χ0v) is 10.9. The first-order chi connectivity index (χ1) is 8.19. The minimum atomic E-state index is -0.338. The van der Waals surface area contributed by atoms with Crippen molar-refractivity contribution >= 4 is 11.6 Å². The van der Waals surface area contributed by atoms with Gasteiger partial charge in [0.1, 0.15) is 5.82 Å². The fourth-order valence-electron chi connectivity index (χ4n) is 2.39. The van der Waals surface area contributed by atoms with E-state index in [4.69, 9.17) is 11.6 Å². The molecule has 1 N–H and O–H groups in total. The highest BCUT2D eigenvalue weighted by molar-refractivity contribution is 6.30. The number of hydrogen-bond acceptors (Lipinski definition) is 1. The summed E-state index contributed by atoms with van der Waals surface area (Å²) < 4.78 is 13.0. The van der Waals surface area contributed by atoms with Crippen molar-refractivity contribution in [2.45, 2.75) is 38.1 Å². The predicted molar refractivity (Wildman–Crippen MR) is 69.9 cm³/mol. The van der Waals surface area contributed by atoms with Gasteiger partial charge in [-0.25, -0.2) is 4.39 Å². The predicted octanol–water partition coefficient (Wildman–Crippen LogP) is 3.80. The van der Waals surface area contributed by atoms with Crippen molar-refractivity contribution in [3.05, 3.63) is 34.6 Å². The average Bonchev–Trinajstić information content (AvgIpc) is 2.26. The molecule has 17 heavy (non-hydrogen) atoms. The number of nitrogens with one attached hydrogen (secondary N) is 1. The molecule has 94 valence electrons. The zero-order valence-electron chi connectivity index (χ0n) is 10.2. The number of benzene rings is 1. The molecule has 2 rings (SSSR count). The van der Waals surface area contributed by atoms with Crippen LogP contribution in [0.15, 0.2) is 18.2 Å². The number of halogens is 2. The van der Waals surface area contributed by atoms with E-state index in [-0.39, 0.29) is 10.8 Å². The monoisotopic (exact) mass is 255 g/mol. The molecule has 1 saturated carbocycles. The van der Waals surface area contributed by atoms with Gasteiger partial charge in [0.2, 0.25) is 0 Å². The SMILES string of the molecule is CNC(Cc1ccc(F)c(Cl)c1)CC1CCC1. The van der Waals surface area contributed by atoms with Crippen LogP contribution in [0.3, 0.4) is 0 Å². The van der Waals surface area contributed by atoms with Gasteiger partial charge in [-0.3, -0.25) is 0 Å². The second-order valence-corrected chi connectivity index (χ2v) is 5.38. The molecule has 0 bridgehead atoms. The van der Waals surface area contributed by atoms with Crippen LogP contribution in [0.5, 0.6) is 0 Å². The van der Waals surface area contributed by atoms with Gasteiger partial charge in [-0.1, -0.05) is 36.9 Å². The molecule has 3 heteroatoms. The molecule has 0 spiro atoms. The highest BCUT2D eigenvalue weighted by Crippen LogP contribution is 2.31. The van der Waals surface area contributed by atoms with Crippen LogP contribution in [0, 0.1) is 11.7 Å². The number of hydrogen-bond donors (Lipinski definition) is 1. The van der Waals surface area contributed by atoms with E-state index in [0.29, 0.717) is 6.04 Å². The van der Waals surface area contributed by atoms with E-state index in [2.05, 4.69) is 5.32 Å². The first-order valence-electron chi connectivity index (χ1n) is 6.30. The Morgan fingerprint density at radius 2 is 2.24 bits per heavy atom. The second kappa shape index (κ2) is 5.83. The van der Waals surface area contributed by atoms with Crippen molar-refractivity contribution in [1.29, 1.82) is 0 Å². The Bertz CT molecular complexity index is 376. The van der Waals surface area contributed by atoms with E-state index in [1.54, 1.807) is 6.07 Å². The fraction of sp³-hybridized carbons (Fsp3) is 0.571. The highest BCUT2D eigenvalue weighted by Gasteiger charge is 2.21. The minimum Gasteiger partial charge on any atom is -0.317 e. The lowest BCUT2D eigenvalue weighted by Gasteiger charge is -2.29. The molecule has 1 fully saturated rings. The van der Waals surface area contributed by atoms with Gasteiger partial charge in [-0.05, 0) is 43.5 Å². The van der Waals surface area contributed by atoms with Gasteiger partial charge < -0.3 is 5.32 Å². The van der Waals surface area contributed by atoms with Crippen molar-refractivity contribution < 1.29 is 4.39 Å². The summed E-state index contributed by atoms with van der Waals surface area (Å²) in [6.45, 7) is 0. The number of rotatable bonds is 5. The summed E-state index contributed by atoms with van der Waals surface area (Å²) in [6.07, 6.45) is 6.24. The normalized spacial score (nSPS) is 17.8. The quantitative estimate of drug-likeness (QED) is 0.844. The highest BCUT2D eigenvalue weighted by atomic mass is 35.5. The van der Waals surface area contributed by atoms with Gasteiger partial charge >= 0.3 is 0 Å². The smallest absolute Gasteiger partial charge is 0.141 e. The van der Waals surface area contributed by atoms with Crippen LogP contribution < -0.4 is 5.32 Å². The molecule has 1 unspecified atom stereocenters. The molecule has 1 aromatic carbocycles. The third-order valence-electron chi connectivity index (χ3n) is 3.72. The summed E-state index contributed by atoms with van der Waals surface area (Å²) in [4.78, 5) is 0. The zero-order chi connectivity index (χ0) is 12.3. The van der Waals surface area contributed by atoms with Crippen LogP contribution in [0.4, 0.5) is 4.39 Å². The molecule has 0 aliphatic heterocycles. The second-order valence-electron chi connectivity index (χ2n) is 4.97. The maximum absolute atomic E-state index is 13.0. The van der Waals surface area contributed by atoms with Gasteiger partial charge in [-0.15, -0.1) is 0 Å². The summed E-state index contributed by atoms with van der Waals surface area (Å²) in [6, 6.07) is 5.49. The lowest BCUT2D eigenvalue weighted by atomic mass is 9.80. The number of likely N-dealkylation sites (N-methyl/N-ethyl adjacent to an activating group) is 1. The van der Waals surface area contributed by atoms with E-state index >= 15 is 0 Å². The van der Waals surface area contributed by atoms with Crippen LogP contribution in [-0.4, -0.2) is 13.1 Å². The third kappa shape index (κ3) is 3.43. The molecule has 1 aliphatic carbocycles. The van der Waals surface area contributed by atoms with E-state index < -0.39 is 0 Å². The van der Waals surface area contributed by atoms with Crippen LogP contribution in [-0.2, 0) is 6.42 Å². The van der Waals surface area contributed by atoms with E-state index in [1.807, 2.05) is 13.1 Å². The summed E-state index contributed by atoms with van der Waals surface area (Å²) >= 11 is 5.79. The van der Waals surface area contributed by atoms with Crippen molar-refractivity contribution in [2.75, 3.05) is 7.05 Å². The Morgan fingerprint density at radius 3 is 2.76 bits per heavy atom. The van der Waals surface area contributed by atoms with Crippen LogP contribution in [0.2, 0.25) is 5.02 Å². The van der Waals surface area contributed by atoms with Crippen molar-refractivity contribution in [2.24, 2.45) is 5.92 Å². The largest absolute Gasteiger partial charge is 0.317 e. The molecular formula is C14H19ClFN. The Labute approximate surface area is 107 Å². The summed E-state index contributed by atoms with van der Waals surface area (Å²) in [5, 5.41) is 3.57. The fourth-order valence-corrected chi connectivity index (χ4v) is 2.59. The summed E-state index contributed by atoms with van der Waals surface area (Å²) in [5.74, 6) is 0.541. The third-order valence-corrected chi connectivity index (χ3v) is 4.01. The Hall–Kier alpha value is -0.600. The molecule has 1 aliphatic rings. The summed E-state index contributed by atoms with van der Waals surface area (Å²) in [5.41, 5.74) is 1.11. The van der Waals surface area contributed by atoms with E-state index in [1.165, 1.54) is 31.7 Å². The molecule has 1 nitrogen and oxygen atoms in total. The van der Waals surface area contributed by atoms with Crippen LogP contribution in [0.1, 0.15) is 31.2 Å². The van der Waals surface area contributed by atoms with Gasteiger partial charge in [0.25, 0.3) is 0 Å². The molecule has 0 heterocycles. The van der Waals surface area contributed by atoms with Gasteiger partial charge in [0.15, 0.2) is 0 Å². The first kappa shape index (κ1) is 12.8. The molecule has 0 aromatic heterocycles. The Kier molecular flexibility index (Phi) is 4.41. The molecule has 1 aromatic rings. The van der Waals surface area contributed by atoms with Gasteiger partial charge in [0, 0.05) is 6.04 Å². The standard InChI is InChI=1S/C14H19ClFN/c1-17-12(7-10-3-2-4-10)8-11-5-6-14(16)13(15)9-11/h5-6,9-10,12,17H,2-4,7-8H2,1H3. The minimum absolute atomic E-state index is 0.223. The molecule has 0 saturated heterocycles. The van der Waals surface area contributed by atoms with E-state index in [0.717, 1.165) is 17.9 Å². The average molecular weight is 256 g/mol. The lowest BCUT2D eigenvalue weighted by Crippen LogP contribution is -2.31. The Morgan fingerprint density at radius 1 is 1.47 bits per heavy atom. The van der Waals surface area contributed by atoms with E-state index in [9.17, 15) is 4.39 Å². The Balaban J connectivity index is 1.94.